The zero-order chi connectivity index (χ0) is 24.2. The van der Waals surface area contributed by atoms with E-state index >= 15 is 0 Å². The van der Waals surface area contributed by atoms with Gasteiger partial charge in [0.1, 0.15) is 25.4 Å². The Bertz CT molecular complexity index is 622. The Labute approximate surface area is 192 Å². The molecule has 1 rings (SSSR count). The Hall–Kier alpha value is -0.990. The summed E-state index contributed by atoms with van der Waals surface area (Å²) in [6.07, 6.45) is 3.96. The van der Waals surface area contributed by atoms with Crippen molar-refractivity contribution < 1.29 is 42.1 Å². The van der Waals surface area contributed by atoms with E-state index in [1.807, 2.05) is 35.0 Å². The quantitative estimate of drug-likeness (QED) is 0.153. The van der Waals surface area contributed by atoms with Crippen molar-refractivity contribution in [2.24, 2.45) is 0 Å². The molecule has 0 amide bonds. The fourth-order valence-corrected chi connectivity index (χ4v) is 4.34. The Morgan fingerprint density at radius 2 is 1.44 bits per heavy atom. The van der Waals surface area contributed by atoms with Crippen LogP contribution >= 0.6 is 7.82 Å². The number of unbranched alkanes of at least 4 members (excludes halogenated alkanes) is 4. The van der Waals surface area contributed by atoms with Crippen molar-refractivity contribution in [3.05, 3.63) is 0 Å². The number of hydrogen-bond acceptors (Lipinski definition) is 7. The van der Waals surface area contributed by atoms with Gasteiger partial charge in [-0.3, -0.25) is 18.6 Å². The molecule has 0 radical (unpaired) electrons. The number of likely N-dealkylation sites (N-methyl/N-ethyl adjacent to an activating group) is 1. The molecule has 0 spiro atoms. The zero-order valence-electron chi connectivity index (χ0n) is 20.4. The first-order chi connectivity index (χ1) is 15.0. The number of hydrogen-bond donors (Lipinski definition) is 1. The molecule has 1 saturated carbocycles. The topological polar surface area (TPSA) is 108 Å². The number of quaternary nitrogens is 1. The van der Waals surface area contributed by atoms with Crippen molar-refractivity contribution in [1.82, 2.24) is 0 Å². The van der Waals surface area contributed by atoms with Gasteiger partial charge in [0.25, 0.3) is 0 Å². The molecular formula is C22H43NO8P+. The lowest BCUT2D eigenvalue weighted by atomic mass is 10.2. The predicted octanol–water partition coefficient (Wildman–Crippen LogP) is 3.97. The van der Waals surface area contributed by atoms with Crippen LogP contribution in [-0.4, -0.2) is 73.9 Å². The van der Waals surface area contributed by atoms with Crippen molar-refractivity contribution in [3.63, 3.8) is 0 Å². The Morgan fingerprint density at radius 3 is 1.97 bits per heavy atom. The minimum Gasteiger partial charge on any atom is -0.458 e. The molecule has 0 aliphatic heterocycles. The number of nitrogens with zero attached hydrogens (tertiary/aromatic N) is 1. The van der Waals surface area contributed by atoms with E-state index in [1.165, 1.54) is 0 Å². The molecular weight excluding hydrogens is 437 g/mol. The third kappa shape index (κ3) is 12.3. The largest absolute Gasteiger partial charge is 0.472 e. The number of phosphoric acid groups is 1. The molecule has 188 valence electrons. The number of ether oxygens (including phenoxy) is 2. The highest BCUT2D eigenvalue weighted by atomic mass is 31.2. The van der Waals surface area contributed by atoms with Gasteiger partial charge in [-0.05, 0) is 25.7 Å². The molecule has 4 unspecified atom stereocenters. The van der Waals surface area contributed by atoms with Crippen molar-refractivity contribution in [2.75, 3.05) is 34.3 Å². The SMILES string of the molecule is CCCCCC(=O)OC1CCC(OP(=O)(O)OCC[N+](C)(C)C)C1OC(=O)CCCCC. The number of phosphoric ester groups is 1. The molecule has 1 N–H and O–H groups in total. The molecule has 9 nitrogen and oxygen atoms in total. The minimum atomic E-state index is -4.36. The van der Waals surface area contributed by atoms with Crippen LogP contribution in [0, 0.1) is 0 Å². The highest BCUT2D eigenvalue weighted by Gasteiger charge is 2.45. The summed E-state index contributed by atoms with van der Waals surface area (Å²) >= 11 is 0. The molecule has 0 bridgehead atoms. The van der Waals surface area contributed by atoms with Gasteiger partial charge in [0.15, 0.2) is 6.10 Å². The molecule has 0 heterocycles. The minimum absolute atomic E-state index is 0.0430. The second-order valence-electron chi connectivity index (χ2n) is 9.43. The van der Waals surface area contributed by atoms with Crippen LogP contribution in [0.25, 0.3) is 0 Å². The van der Waals surface area contributed by atoms with Gasteiger partial charge < -0.3 is 18.9 Å². The third-order valence-corrected chi connectivity index (χ3v) is 6.32. The van der Waals surface area contributed by atoms with Gasteiger partial charge >= 0.3 is 19.8 Å². The molecule has 10 heteroatoms. The van der Waals surface area contributed by atoms with E-state index < -0.39 is 32.1 Å². The van der Waals surface area contributed by atoms with Crippen molar-refractivity contribution in [1.29, 1.82) is 0 Å². The van der Waals surface area contributed by atoms with Gasteiger partial charge in [-0.1, -0.05) is 39.5 Å². The summed E-state index contributed by atoms with van der Waals surface area (Å²) in [4.78, 5) is 34.7. The summed E-state index contributed by atoms with van der Waals surface area (Å²) in [5.74, 6) is -0.785. The smallest absolute Gasteiger partial charge is 0.458 e. The second kappa shape index (κ2) is 14.3. The molecule has 0 aromatic carbocycles. The van der Waals surface area contributed by atoms with Crippen molar-refractivity contribution in [2.45, 2.75) is 96.4 Å². The normalized spacial score (nSPS) is 23.0. The van der Waals surface area contributed by atoms with E-state index in [9.17, 15) is 19.0 Å². The predicted molar refractivity (Wildman–Crippen MR) is 121 cm³/mol. The lowest BCUT2D eigenvalue weighted by Crippen LogP contribution is -2.38. The monoisotopic (exact) mass is 480 g/mol. The fourth-order valence-electron chi connectivity index (χ4n) is 3.40. The van der Waals surface area contributed by atoms with Crippen LogP contribution in [0.3, 0.4) is 0 Å². The Morgan fingerprint density at radius 1 is 0.906 bits per heavy atom. The summed E-state index contributed by atoms with van der Waals surface area (Å²) in [5, 5.41) is 0. The first kappa shape index (κ1) is 29.0. The number of carbonyl (C=O) groups excluding carboxylic acids is 2. The van der Waals surface area contributed by atoms with E-state index in [-0.39, 0.29) is 19.0 Å². The van der Waals surface area contributed by atoms with E-state index in [0.29, 0.717) is 36.7 Å². The number of esters is 2. The van der Waals surface area contributed by atoms with Gasteiger partial charge in [0.2, 0.25) is 0 Å². The highest BCUT2D eigenvalue weighted by Crippen LogP contribution is 2.48. The van der Waals surface area contributed by atoms with Crippen LogP contribution in [0.1, 0.15) is 78.1 Å². The van der Waals surface area contributed by atoms with E-state index in [1.54, 1.807) is 0 Å². The molecule has 1 fully saturated rings. The first-order valence-corrected chi connectivity index (χ1v) is 13.3. The Kier molecular flexibility index (Phi) is 13.0. The van der Waals surface area contributed by atoms with E-state index in [4.69, 9.17) is 18.5 Å². The van der Waals surface area contributed by atoms with Gasteiger partial charge in [-0.15, -0.1) is 0 Å². The summed E-state index contributed by atoms with van der Waals surface area (Å²) in [5.41, 5.74) is 0. The lowest BCUT2D eigenvalue weighted by molar-refractivity contribution is -0.870. The lowest BCUT2D eigenvalue weighted by Gasteiger charge is -2.27. The summed E-state index contributed by atoms with van der Waals surface area (Å²) in [7, 11) is 1.47. The molecule has 0 aromatic rings. The molecule has 4 atom stereocenters. The average molecular weight is 481 g/mol. The van der Waals surface area contributed by atoms with Crippen LogP contribution in [0.5, 0.6) is 0 Å². The summed E-state index contributed by atoms with van der Waals surface area (Å²) in [6, 6.07) is 0. The number of carbonyl (C=O) groups is 2. The van der Waals surface area contributed by atoms with Crippen LogP contribution < -0.4 is 0 Å². The first-order valence-electron chi connectivity index (χ1n) is 11.8. The van der Waals surface area contributed by atoms with E-state index in [2.05, 4.69) is 0 Å². The highest BCUT2D eigenvalue weighted by molar-refractivity contribution is 7.47. The van der Waals surface area contributed by atoms with Crippen LogP contribution in [0.15, 0.2) is 0 Å². The number of rotatable bonds is 16. The molecule has 0 aromatic heterocycles. The molecule has 1 aliphatic rings. The van der Waals surface area contributed by atoms with Crippen LogP contribution in [0.4, 0.5) is 0 Å². The average Bonchev–Trinajstić information content (AvgIpc) is 3.01. The van der Waals surface area contributed by atoms with Crippen LogP contribution in [0.2, 0.25) is 0 Å². The van der Waals surface area contributed by atoms with Gasteiger partial charge in [-0.2, -0.15) is 0 Å². The molecule has 0 saturated heterocycles. The van der Waals surface area contributed by atoms with Gasteiger partial charge in [-0.25, -0.2) is 4.57 Å². The summed E-state index contributed by atoms with van der Waals surface area (Å²) in [6.45, 7) is 4.65. The second-order valence-corrected chi connectivity index (χ2v) is 10.8. The molecule has 32 heavy (non-hydrogen) atoms. The fraction of sp³-hybridized carbons (Fsp3) is 0.909. The maximum absolute atomic E-state index is 12.5. The maximum Gasteiger partial charge on any atom is 0.472 e. The summed E-state index contributed by atoms with van der Waals surface area (Å²) < 4.78 is 34.6. The zero-order valence-corrected chi connectivity index (χ0v) is 21.3. The van der Waals surface area contributed by atoms with Gasteiger partial charge in [0, 0.05) is 12.8 Å². The standard InChI is InChI=1S/C22H42NO8P/c1-6-8-10-12-20(24)29-18-14-15-19(22(18)30-21(25)13-11-9-7-2)31-32(26,27)28-17-16-23(3,4)5/h18-19,22H,6-17H2,1-5H3/p+1. The van der Waals surface area contributed by atoms with Crippen LogP contribution in [-0.2, 0) is 32.7 Å². The third-order valence-electron chi connectivity index (χ3n) is 5.27. The van der Waals surface area contributed by atoms with Crippen molar-refractivity contribution >= 4 is 19.8 Å². The maximum atomic E-state index is 12.5. The van der Waals surface area contributed by atoms with Gasteiger partial charge in [0.05, 0.1) is 21.1 Å². The Balaban J connectivity index is 2.75. The van der Waals surface area contributed by atoms with Crippen molar-refractivity contribution in [3.8, 4) is 0 Å². The van der Waals surface area contributed by atoms with E-state index in [0.717, 1.165) is 32.1 Å². The molecule has 1 aliphatic carbocycles.